The molecule has 0 aliphatic heterocycles. The zero-order valence-electron chi connectivity index (χ0n) is 10.7. The summed E-state index contributed by atoms with van der Waals surface area (Å²) < 4.78 is 11.7. The summed E-state index contributed by atoms with van der Waals surface area (Å²) in [7, 11) is 0. The summed E-state index contributed by atoms with van der Waals surface area (Å²) in [6, 6.07) is 0. The van der Waals surface area contributed by atoms with Gasteiger partial charge in [-0.1, -0.05) is 11.6 Å². The van der Waals surface area contributed by atoms with E-state index in [1.165, 1.54) is 5.57 Å². The van der Waals surface area contributed by atoms with E-state index in [0.29, 0.717) is 6.10 Å². The first-order valence-corrected chi connectivity index (χ1v) is 5.90. The van der Waals surface area contributed by atoms with E-state index in [-0.39, 0.29) is 6.10 Å². The highest BCUT2D eigenvalue weighted by Gasteiger charge is 2.26. The summed E-state index contributed by atoms with van der Waals surface area (Å²) in [6.45, 7) is 10.3. The number of ether oxygens (including phenoxy) is 2. The van der Waals surface area contributed by atoms with Crippen LogP contribution in [0.15, 0.2) is 11.6 Å². The van der Waals surface area contributed by atoms with Crippen LogP contribution in [0.5, 0.6) is 0 Å². The molecule has 0 aromatic carbocycles. The fourth-order valence-electron chi connectivity index (χ4n) is 2.16. The molecule has 1 rings (SSSR count). The van der Waals surface area contributed by atoms with Crippen LogP contribution in [-0.4, -0.2) is 18.0 Å². The molecule has 0 radical (unpaired) electrons. The quantitative estimate of drug-likeness (QED) is 0.523. The monoisotopic (exact) mass is 212 g/mol. The third-order valence-corrected chi connectivity index (χ3v) is 2.50. The zero-order valence-corrected chi connectivity index (χ0v) is 10.7. The normalized spacial score (nSPS) is 23.1. The number of hydrogen-bond acceptors (Lipinski definition) is 2. The second-order valence-electron chi connectivity index (χ2n) is 5.14. The van der Waals surface area contributed by atoms with Crippen molar-refractivity contribution in [2.75, 3.05) is 0 Å². The fraction of sp³-hybridized carbons (Fsp3) is 0.846. The minimum absolute atomic E-state index is 0.209. The summed E-state index contributed by atoms with van der Waals surface area (Å²) in [5.41, 5.74) is 1.44. The Labute approximate surface area is 93.7 Å². The van der Waals surface area contributed by atoms with Crippen molar-refractivity contribution >= 4 is 0 Å². The molecular weight excluding hydrogens is 188 g/mol. The van der Waals surface area contributed by atoms with Gasteiger partial charge < -0.3 is 9.47 Å². The van der Waals surface area contributed by atoms with Crippen molar-refractivity contribution in [2.45, 2.75) is 71.9 Å². The minimum Gasteiger partial charge on any atom is -0.348 e. The molecule has 0 saturated carbocycles. The van der Waals surface area contributed by atoms with E-state index in [0.717, 1.165) is 19.3 Å². The third kappa shape index (κ3) is 4.80. The van der Waals surface area contributed by atoms with Crippen molar-refractivity contribution in [3.63, 3.8) is 0 Å². The summed E-state index contributed by atoms with van der Waals surface area (Å²) in [4.78, 5) is 0. The van der Waals surface area contributed by atoms with E-state index in [2.05, 4.69) is 13.0 Å². The molecule has 0 heterocycles. The standard InChI is InChI=1S/C13H24O2/c1-10(2)14-13(4,5)15-12-8-6-7-11(3)9-12/h7,10,12H,6,8-9H2,1-5H3. The summed E-state index contributed by atoms with van der Waals surface area (Å²) in [6.07, 6.45) is 6.13. The van der Waals surface area contributed by atoms with Crippen LogP contribution in [0.1, 0.15) is 53.9 Å². The Morgan fingerprint density at radius 1 is 1.40 bits per heavy atom. The van der Waals surface area contributed by atoms with Crippen LogP contribution < -0.4 is 0 Å². The van der Waals surface area contributed by atoms with Crippen LogP contribution in [-0.2, 0) is 9.47 Å². The van der Waals surface area contributed by atoms with Gasteiger partial charge in [0.25, 0.3) is 0 Å². The van der Waals surface area contributed by atoms with Crippen molar-refractivity contribution in [1.82, 2.24) is 0 Å². The molecule has 0 fully saturated rings. The van der Waals surface area contributed by atoms with Gasteiger partial charge in [-0.2, -0.15) is 0 Å². The molecule has 0 saturated heterocycles. The van der Waals surface area contributed by atoms with Crippen LogP contribution in [0.3, 0.4) is 0 Å². The molecule has 1 atom stereocenters. The molecule has 0 aromatic heterocycles. The third-order valence-electron chi connectivity index (χ3n) is 2.50. The SMILES string of the molecule is CC1=CCCC(OC(C)(C)OC(C)C)C1. The number of rotatable bonds is 4. The average molecular weight is 212 g/mol. The Morgan fingerprint density at radius 3 is 2.60 bits per heavy atom. The van der Waals surface area contributed by atoms with Gasteiger partial charge in [0, 0.05) is 0 Å². The molecule has 0 amide bonds. The Morgan fingerprint density at radius 2 is 2.07 bits per heavy atom. The maximum Gasteiger partial charge on any atom is 0.163 e. The second-order valence-corrected chi connectivity index (χ2v) is 5.14. The van der Waals surface area contributed by atoms with E-state index in [1.54, 1.807) is 0 Å². The molecule has 15 heavy (non-hydrogen) atoms. The van der Waals surface area contributed by atoms with Crippen molar-refractivity contribution < 1.29 is 9.47 Å². The van der Waals surface area contributed by atoms with E-state index in [1.807, 2.05) is 27.7 Å². The second kappa shape index (κ2) is 5.13. The first-order chi connectivity index (χ1) is 6.89. The maximum absolute atomic E-state index is 6.00. The van der Waals surface area contributed by atoms with Gasteiger partial charge in [-0.25, -0.2) is 0 Å². The van der Waals surface area contributed by atoms with Gasteiger partial charge in [0.2, 0.25) is 0 Å². The Bertz CT molecular complexity index is 229. The topological polar surface area (TPSA) is 18.5 Å². The number of hydrogen-bond donors (Lipinski definition) is 0. The molecule has 0 spiro atoms. The molecule has 1 aliphatic rings. The Kier molecular flexibility index (Phi) is 4.35. The maximum atomic E-state index is 6.00. The molecule has 2 nitrogen and oxygen atoms in total. The van der Waals surface area contributed by atoms with Crippen LogP contribution in [0.25, 0.3) is 0 Å². The molecule has 1 aliphatic carbocycles. The van der Waals surface area contributed by atoms with Gasteiger partial charge in [-0.15, -0.1) is 0 Å². The highest BCUT2D eigenvalue weighted by atomic mass is 16.7. The Balaban J connectivity index is 2.43. The lowest BCUT2D eigenvalue weighted by Gasteiger charge is -2.33. The lowest BCUT2D eigenvalue weighted by molar-refractivity contribution is -0.253. The highest BCUT2D eigenvalue weighted by molar-refractivity contribution is 5.04. The molecular formula is C13H24O2. The molecule has 2 heteroatoms. The number of allylic oxidation sites excluding steroid dienone is 1. The molecule has 1 unspecified atom stereocenters. The summed E-state index contributed by atoms with van der Waals surface area (Å²) >= 11 is 0. The van der Waals surface area contributed by atoms with Crippen LogP contribution in [0.2, 0.25) is 0 Å². The Hall–Kier alpha value is -0.340. The van der Waals surface area contributed by atoms with E-state index in [9.17, 15) is 0 Å². The smallest absolute Gasteiger partial charge is 0.163 e. The van der Waals surface area contributed by atoms with Crippen molar-refractivity contribution in [3.8, 4) is 0 Å². The lowest BCUT2D eigenvalue weighted by atomic mass is 9.98. The molecule has 0 bridgehead atoms. The predicted octanol–water partition coefficient (Wildman–Crippen LogP) is 3.66. The van der Waals surface area contributed by atoms with E-state index in [4.69, 9.17) is 9.47 Å². The van der Waals surface area contributed by atoms with Gasteiger partial charge >= 0.3 is 0 Å². The molecule has 0 aromatic rings. The predicted molar refractivity (Wildman–Crippen MR) is 62.8 cm³/mol. The minimum atomic E-state index is -0.462. The van der Waals surface area contributed by atoms with Gasteiger partial charge in [0.15, 0.2) is 5.79 Å². The van der Waals surface area contributed by atoms with Gasteiger partial charge in [0.1, 0.15) is 0 Å². The van der Waals surface area contributed by atoms with Crippen LogP contribution in [0.4, 0.5) is 0 Å². The average Bonchev–Trinajstić information content (AvgIpc) is 1.99. The van der Waals surface area contributed by atoms with Gasteiger partial charge in [-0.3, -0.25) is 0 Å². The summed E-state index contributed by atoms with van der Waals surface area (Å²) in [5, 5.41) is 0. The zero-order chi connectivity index (χ0) is 11.5. The molecule has 88 valence electrons. The highest BCUT2D eigenvalue weighted by Crippen LogP contribution is 2.26. The first-order valence-electron chi connectivity index (χ1n) is 5.90. The van der Waals surface area contributed by atoms with Gasteiger partial charge in [-0.05, 0) is 53.9 Å². The van der Waals surface area contributed by atoms with E-state index < -0.39 is 5.79 Å². The molecule has 0 N–H and O–H groups in total. The van der Waals surface area contributed by atoms with Crippen LogP contribution >= 0.6 is 0 Å². The first kappa shape index (κ1) is 12.7. The largest absolute Gasteiger partial charge is 0.348 e. The van der Waals surface area contributed by atoms with Crippen molar-refractivity contribution in [2.24, 2.45) is 0 Å². The van der Waals surface area contributed by atoms with Crippen molar-refractivity contribution in [3.05, 3.63) is 11.6 Å². The lowest BCUT2D eigenvalue weighted by Crippen LogP contribution is -2.36. The van der Waals surface area contributed by atoms with E-state index >= 15 is 0 Å². The summed E-state index contributed by atoms with van der Waals surface area (Å²) in [5.74, 6) is -0.462. The van der Waals surface area contributed by atoms with Crippen LogP contribution in [0, 0.1) is 0 Å². The van der Waals surface area contributed by atoms with Gasteiger partial charge in [0.05, 0.1) is 12.2 Å². The van der Waals surface area contributed by atoms with Crippen molar-refractivity contribution in [1.29, 1.82) is 0 Å². The fourth-order valence-corrected chi connectivity index (χ4v) is 2.16.